The number of aromatic nitrogens is 2. The van der Waals surface area contributed by atoms with E-state index in [1.807, 2.05) is 12.1 Å². The molecule has 0 fully saturated rings. The molecule has 1 aliphatic rings. The average molecular weight is 516 g/mol. The van der Waals surface area contributed by atoms with E-state index in [0.717, 1.165) is 24.1 Å². The van der Waals surface area contributed by atoms with Crippen molar-refractivity contribution in [3.8, 4) is 23.1 Å². The van der Waals surface area contributed by atoms with Crippen LogP contribution >= 0.6 is 0 Å². The Hall–Kier alpha value is -4.93. The molecule has 2 amide bonds. The zero-order chi connectivity index (χ0) is 26.8. The number of urea groups is 1. The number of hydrogen-bond donors (Lipinski definition) is 1. The van der Waals surface area contributed by atoms with Crippen molar-refractivity contribution < 1.29 is 23.9 Å². The van der Waals surface area contributed by atoms with Gasteiger partial charge in [0.1, 0.15) is 12.1 Å². The van der Waals surface area contributed by atoms with E-state index < -0.39 is 4.92 Å². The van der Waals surface area contributed by atoms with Gasteiger partial charge < -0.3 is 19.5 Å². The number of carbonyl (C=O) groups is 1. The molecule has 1 N–H and O–H groups in total. The average Bonchev–Trinajstić information content (AvgIpc) is 2.92. The molecule has 11 heteroatoms. The predicted octanol–water partition coefficient (Wildman–Crippen LogP) is 5.64. The predicted molar refractivity (Wildman–Crippen MR) is 142 cm³/mol. The van der Waals surface area contributed by atoms with Crippen LogP contribution in [0.4, 0.5) is 21.9 Å². The molecule has 0 spiro atoms. The number of hydrogen-bond acceptors (Lipinski definition) is 8. The van der Waals surface area contributed by atoms with Crippen molar-refractivity contribution in [2.75, 3.05) is 31.0 Å². The molecule has 0 saturated carbocycles. The number of carbonyl (C=O) groups excluding carboxylic acids is 1. The van der Waals surface area contributed by atoms with Gasteiger partial charge in [0.05, 0.1) is 30.0 Å². The summed E-state index contributed by atoms with van der Waals surface area (Å²) in [5.41, 5.74) is 3.50. The maximum absolute atomic E-state index is 13.1. The first kappa shape index (κ1) is 24.8. The first-order chi connectivity index (χ1) is 18.4. The molecule has 0 unspecified atom stereocenters. The third kappa shape index (κ3) is 4.73. The lowest BCUT2D eigenvalue weighted by molar-refractivity contribution is -0.384. The second-order valence-corrected chi connectivity index (χ2v) is 8.74. The highest BCUT2D eigenvalue weighted by Crippen LogP contribution is 2.37. The molecule has 0 saturated heterocycles. The van der Waals surface area contributed by atoms with Gasteiger partial charge in [-0.3, -0.25) is 15.0 Å². The van der Waals surface area contributed by atoms with E-state index in [1.165, 1.54) is 18.5 Å². The van der Waals surface area contributed by atoms with Crippen LogP contribution in [0.5, 0.6) is 23.1 Å². The molecule has 194 valence electrons. The fourth-order valence-corrected chi connectivity index (χ4v) is 4.48. The molecule has 1 aromatic heterocycles. The Morgan fingerprint density at radius 3 is 2.58 bits per heavy atom. The Bertz CT molecular complexity index is 1560. The molecule has 2 heterocycles. The van der Waals surface area contributed by atoms with Gasteiger partial charge in [-0.15, -0.1) is 0 Å². The fraction of sp³-hybridized carbons (Fsp3) is 0.222. The molecule has 4 aromatic rings. The van der Waals surface area contributed by atoms with Gasteiger partial charge in [-0.1, -0.05) is 0 Å². The number of nitrogens with one attached hydrogen (secondary N) is 1. The second kappa shape index (κ2) is 10.2. The number of benzene rings is 3. The topological polar surface area (TPSA) is 129 Å². The summed E-state index contributed by atoms with van der Waals surface area (Å²) in [6.45, 7) is 2.27. The van der Waals surface area contributed by atoms with Gasteiger partial charge in [0, 0.05) is 36.1 Å². The number of non-ortho nitro benzene ring substituents is 1. The summed E-state index contributed by atoms with van der Waals surface area (Å²) in [4.78, 5) is 34.0. The van der Waals surface area contributed by atoms with Crippen molar-refractivity contribution in [3.63, 3.8) is 0 Å². The zero-order valence-electron chi connectivity index (χ0n) is 21.1. The maximum atomic E-state index is 13.1. The van der Waals surface area contributed by atoms with E-state index in [2.05, 4.69) is 15.3 Å². The van der Waals surface area contributed by atoms with Gasteiger partial charge in [0.15, 0.2) is 11.5 Å². The number of nitrogens with zero attached hydrogens (tertiary/aromatic N) is 4. The lowest BCUT2D eigenvalue weighted by Crippen LogP contribution is -2.38. The number of anilines is 2. The number of fused-ring (bicyclic) bond motifs is 2. The summed E-state index contributed by atoms with van der Waals surface area (Å²) >= 11 is 0. The summed E-state index contributed by atoms with van der Waals surface area (Å²) in [6.07, 6.45) is 2.98. The van der Waals surface area contributed by atoms with Crippen molar-refractivity contribution in [2.24, 2.45) is 0 Å². The zero-order valence-corrected chi connectivity index (χ0v) is 21.1. The Balaban J connectivity index is 1.39. The van der Waals surface area contributed by atoms with Crippen molar-refractivity contribution in [1.29, 1.82) is 0 Å². The quantitative estimate of drug-likeness (QED) is 0.258. The Labute approximate surface area is 218 Å². The van der Waals surface area contributed by atoms with Crippen LogP contribution in [0.15, 0.2) is 54.9 Å². The van der Waals surface area contributed by atoms with Crippen molar-refractivity contribution in [3.05, 3.63) is 76.1 Å². The minimum atomic E-state index is -0.462. The van der Waals surface area contributed by atoms with Crippen LogP contribution in [0, 0.1) is 17.0 Å². The lowest BCUT2D eigenvalue weighted by Gasteiger charge is -2.30. The molecule has 1 aliphatic heterocycles. The molecule has 38 heavy (non-hydrogen) atoms. The van der Waals surface area contributed by atoms with Gasteiger partial charge in [-0.25, -0.2) is 14.8 Å². The highest BCUT2D eigenvalue weighted by molar-refractivity contribution is 6.03. The molecule has 0 aliphatic carbocycles. The van der Waals surface area contributed by atoms with E-state index in [0.29, 0.717) is 51.8 Å². The third-order valence-electron chi connectivity index (χ3n) is 6.40. The number of methoxy groups -OCH3 is 2. The molecule has 3 aromatic carbocycles. The highest BCUT2D eigenvalue weighted by Gasteiger charge is 2.24. The van der Waals surface area contributed by atoms with E-state index in [-0.39, 0.29) is 11.7 Å². The van der Waals surface area contributed by atoms with Gasteiger partial charge >= 0.3 is 6.03 Å². The van der Waals surface area contributed by atoms with E-state index in [9.17, 15) is 14.9 Å². The Morgan fingerprint density at radius 1 is 1.05 bits per heavy atom. The Morgan fingerprint density at radius 2 is 1.84 bits per heavy atom. The van der Waals surface area contributed by atoms with Crippen LogP contribution in [0.25, 0.3) is 10.9 Å². The monoisotopic (exact) mass is 515 g/mol. The number of ether oxygens (including phenoxy) is 3. The van der Waals surface area contributed by atoms with E-state index in [4.69, 9.17) is 14.2 Å². The standard InChI is InChI=1S/C27H25N5O6/c1-16-11-18(32(34)35)6-8-21(16)30-27(33)31-10-4-5-17-12-19(7-9-23(17)31)38-26-20-13-24(36-2)25(37-3)14-22(20)28-15-29-26/h6-9,11-15H,4-5,10H2,1-3H3,(H,30,33). The van der Waals surface area contributed by atoms with Crippen LogP contribution in [0.3, 0.4) is 0 Å². The van der Waals surface area contributed by atoms with Crippen molar-refractivity contribution in [2.45, 2.75) is 19.8 Å². The number of amides is 2. The summed E-state index contributed by atoms with van der Waals surface area (Å²) in [5, 5.41) is 14.6. The van der Waals surface area contributed by atoms with Crippen molar-refractivity contribution in [1.82, 2.24) is 9.97 Å². The summed E-state index contributed by atoms with van der Waals surface area (Å²) in [6, 6.07) is 13.1. The molecule has 0 radical (unpaired) electrons. The van der Waals surface area contributed by atoms with Gasteiger partial charge in [-0.05, 0) is 61.2 Å². The summed E-state index contributed by atoms with van der Waals surface area (Å²) in [7, 11) is 3.12. The third-order valence-corrected chi connectivity index (χ3v) is 6.40. The lowest BCUT2D eigenvalue weighted by atomic mass is 10.0. The number of rotatable bonds is 6. The molecule has 5 rings (SSSR count). The molecule has 0 bridgehead atoms. The minimum Gasteiger partial charge on any atom is -0.493 e. The highest BCUT2D eigenvalue weighted by atomic mass is 16.6. The Kier molecular flexibility index (Phi) is 6.65. The van der Waals surface area contributed by atoms with E-state index in [1.54, 1.807) is 50.3 Å². The number of nitro benzene ring substituents is 1. The minimum absolute atomic E-state index is 0.0228. The normalized spacial score (nSPS) is 12.6. The second-order valence-electron chi connectivity index (χ2n) is 8.74. The first-order valence-corrected chi connectivity index (χ1v) is 11.9. The summed E-state index contributed by atoms with van der Waals surface area (Å²) < 4.78 is 16.9. The largest absolute Gasteiger partial charge is 0.493 e. The van der Waals surface area contributed by atoms with Crippen LogP contribution in [0.2, 0.25) is 0 Å². The number of nitro groups is 1. The van der Waals surface area contributed by atoms with Crippen LogP contribution in [0.1, 0.15) is 17.5 Å². The van der Waals surface area contributed by atoms with Crippen molar-refractivity contribution >= 4 is 34.0 Å². The molecule has 11 nitrogen and oxygen atoms in total. The summed E-state index contributed by atoms with van der Waals surface area (Å²) in [5.74, 6) is 2.04. The fourth-order valence-electron chi connectivity index (χ4n) is 4.48. The molecular weight excluding hydrogens is 490 g/mol. The van der Waals surface area contributed by atoms with E-state index >= 15 is 0 Å². The molecular formula is C27H25N5O6. The van der Waals surface area contributed by atoms with Crippen LogP contribution in [-0.2, 0) is 6.42 Å². The first-order valence-electron chi connectivity index (χ1n) is 11.9. The van der Waals surface area contributed by atoms with Crippen LogP contribution in [-0.4, -0.2) is 41.7 Å². The van der Waals surface area contributed by atoms with Gasteiger partial charge in [0.25, 0.3) is 5.69 Å². The van der Waals surface area contributed by atoms with Gasteiger partial charge in [-0.2, -0.15) is 0 Å². The number of aryl methyl sites for hydroxylation is 2. The van der Waals surface area contributed by atoms with Gasteiger partial charge in [0.2, 0.25) is 5.88 Å². The van der Waals surface area contributed by atoms with Crippen LogP contribution < -0.4 is 24.4 Å². The molecule has 0 atom stereocenters. The maximum Gasteiger partial charge on any atom is 0.326 e. The smallest absolute Gasteiger partial charge is 0.326 e. The SMILES string of the molecule is COc1cc2ncnc(Oc3ccc4c(c3)CCCN4C(=O)Nc3ccc([N+](=O)[O-])cc3C)c2cc1OC.